The molecule has 0 unspecified atom stereocenters. The van der Waals surface area contributed by atoms with Crippen LogP contribution in [0.25, 0.3) is 23.1 Å². The number of nitrogens with one attached hydrogen (secondary N) is 1. The molecule has 0 fully saturated rings. The molecule has 108 valence electrons. The lowest BCUT2D eigenvalue weighted by Gasteiger charge is -2.06. The lowest BCUT2D eigenvalue weighted by Crippen LogP contribution is -1.95. The van der Waals surface area contributed by atoms with Crippen molar-refractivity contribution in [2.75, 3.05) is 12.3 Å². The number of nitrogens with two attached hydrogens (primary N) is 1. The summed E-state index contributed by atoms with van der Waals surface area (Å²) in [5, 5.41) is 3.63. The van der Waals surface area contributed by atoms with Crippen LogP contribution in [0.3, 0.4) is 0 Å². The fraction of sp³-hybridized carbons (Fsp3) is 0.188. The summed E-state index contributed by atoms with van der Waals surface area (Å²) in [6.07, 6.45) is 6.97. The number of nitrogen functional groups attached to an aromatic ring is 1. The number of nitrogens with zero attached hydrogens (tertiary/aromatic N) is 1. The van der Waals surface area contributed by atoms with Crippen LogP contribution in [0.1, 0.15) is 24.6 Å². The van der Waals surface area contributed by atoms with Gasteiger partial charge >= 0.3 is 0 Å². The summed E-state index contributed by atoms with van der Waals surface area (Å²) < 4.78 is 5.84. The Morgan fingerprint density at radius 2 is 2.29 bits per heavy atom. The highest BCUT2D eigenvalue weighted by atomic mass is 32.1. The molecule has 21 heavy (non-hydrogen) atoms. The van der Waals surface area contributed by atoms with Gasteiger partial charge in [0.25, 0.3) is 0 Å². The van der Waals surface area contributed by atoms with Crippen LogP contribution in [-0.2, 0) is 0 Å². The number of benzene rings is 1. The summed E-state index contributed by atoms with van der Waals surface area (Å²) >= 11 is 1.44. The molecule has 5 heteroatoms. The summed E-state index contributed by atoms with van der Waals surface area (Å²) in [6, 6.07) is 6.05. The molecule has 0 aliphatic carbocycles. The predicted octanol–water partition coefficient (Wildman–Crippen LogP) is 4.17. The Balaban J connectivity index is 1.96. The van der Waals surface area contributed by atoms with E-state index in [1.807, 2.05) is 41.9 Å². The molecule has 2 aromatic heterocycles. The predicted molar refractivity (Wildman–Crippen MR) is 89.5 cm³/mol. The van der Waals surface area contributed by atoms with Crippen LogP contribution < -0.4 is 10.5 Å². The van der Waals surface area contributed by atoms with Crippen molar-refractivity contribution in [1.82, 2.24) is 9.97 Å². The van der Waals surface area contributed by atoms with Gasteiger partial charge < -0.3 is 15.5 Å². The van der Waals surface area contributed by atoms with E-state index in [4.69, 9.17) is 10.5 Å². The number of thiazole rings is 1. The molecule has 4 nitrogen and oxygen atoms in total. The van der Waals surface area contributed by atoms with Gasteiger partial charge in [0.1, 0.15) is 5.75 Å². The Kier molecular flexibility index (Phi) is 3.92. The number of ether oxygens (including phenoxy) is 1. The minimum Gasteiger partial charge on any atom is -0.493 e. The van der Waals surface area contributed by atoms with Gasteiger partial charge in [-0.3, -0.25) is 0 Å². The van der Waals surface area contributed by atoms with Gasteiger partial charge in [0.2, 0.25) is 0 Å². The molecule has 2 heterocycles. The summed E-state index contributed by atoms with van der Waals surface area (Å²) in [5.41, 5.74) is 8.68. The second-order valence-corrected chi connectivity index (χ2v) is 5.60. The van der Waals surface area contributed by atoms with Crippen LogP contribution in [0.15, 0.2) is 29.8 Å². The van der Waals surface area contributed by atoms with Crippen LogP contribution in [0.2, 0.25) is 0 Å². The standard InChI is InChI=1S/C16H17N3OS/c1-2-8-20-14-5-3-4-13-15(14)11(9-18-13)6-7-12-10-21-16(17)19-12/h3-7,9-10,18H,2,8H2,1H3,(H2,17,19)/b7-6+. The van der Waals surface area contributed by atoms with Crippen LogP contribution in [0.5, 0.6) is 5.75 Å². The zero-order chi connectivity index (χ0) is 14.7. The largest absolute Gasteiger partial charge is 0.493 e. The Hall–Kier alpha value is -2.27. The monoisotopic (exact) mass is 299 g/mol. The molecule has 0 radical (unpaired) electrons. The molecule has 0 aliphatic heterocycles. The highest BCUT2D eigenvalue weighted by molar-refractivity contribution is 7.13. The Morgan fingerprint density at radius 1 is 1.38 bits per heavy atom. The molecular weight excluding hydrogens is 282 g/mol. The molecule has 0 atom stereocenters. The molecular formula is C16H17N3OS. The van der Waals surface area contributed by atoms with Gasteiger partial charge in [-0.1, -0.05) is 19.1 Å². The van der Waals surface area contributed by atoms with Gasteiger partial charge in [-0.2, -0.15) is 0 Å². The third-order valence-electron chi connectivity index (χ3n) is 3.13. The maximum absolute atomic E-state index is 5.84. The van der Waals surface area contributed by atoms with E-state index in [0.717, 1.165) is 40.9 Å². The molecule has 0 aliphatic rings. The topological polar surface area (TPSA) is 63.9 Å². The second kappa shape index (κ2) is 6.01. The number of H-pyrrole nitrogens is 1. The van der Waals surface area contributed by atoms with Crippen molar-refractivity contribution in [1.29, 1.82) is 0 Å². The van der Waals surface area contributed by atoms with Gasteiger partial charge in [0.15, 0.2) is 5.13 Å². The van der Waals surface area contributed by atoms with E-state index in [2.05, 4.69) is 16.9 Å². The van der Waals surface area contributed by atoms with Crippen molar-refractivity contribution in [2.24, 2.45) is 0 Å². The van der Waals surface area contributed by atoms with E-state index in [9.17, 15) is 0 Å². The van der Waals surface area contributed by atoms with Gasteiger partial charge in [-0.05, 0) is 24.6 Å². The summed E-state index contributed by atoms with van der Waals surface area (Å²) in [6.45, 7) is 2.82. The Bertz CT molecular complexity index is 773. The fourth-order valence-electron chi connectivity index (χ4n) is 2.19. The third-order valence-corrected chi connectivity index (χ3v) is 3.83. The van der Waals surface area contributed by atoms with E-state index >= 15 is 0 Å². The molecule has 0 amide bonds. The first kappa shape index (κ1) is 13.7. The number of aromatic nitrogens is 2. The first-order valence-electron chi connectivity index (χ1n) is 6.90. The molecule has 1 aromatic carbocycles. The smallest absolute Gasteiger partial charge is 0.180 e. The SMILES string of the molecule is CCCOc1cccc2[nH]cc(/C=C/c3csc(N)n3)c12. The third kappa shape index (κ3) is 2.92. The first-order valence-corrected chi connectivity index (χ1v) is 7.78. The van der Waals surface area contributed by atoms with E-state index in [1.165, 1.54) is 11.3 Å². The minimum atomic E-state index is 0.584. The van der Waals surface area contributed by atoms with Crippen molar-refractivity contribution in [2.45, 2.75) is 13.3 Å². The number of hydrogen-bond donors (Lipinski definition) is 2. The molecule has 0 saturated heterocycles. The summed E-state index contributed by atoms with van der Waals surface area (Å²) in [7, 11) is 0. The number of aromatic amines is 1. The van der Waals surface area contributed by atoms with Crippen molar-refractivity contribution in [3.63, 3.8) is 0 Å². The average molecular weight is 299 g/mol. The highest BCUT2D eigenvalue weighted by Crippen LogP contribution is 2.30. The molecule has 3 N–H and O–H groups in total. The summed E-state index contributed by atoms with van der Waals surface area (Å²) in [4.78, 5) is 7.50. The Morgan fingerprint density at radius 3 is 3.05 bits per heavy atom. The molecule has 0 bridgehead atoms. The zero-order valence-electron chi connectivity index (χ0n) is 11.8. The summed E-state index contributed by atoms with van der Waals surface area (Å²) in [5.74, 6) is 0.910. The van der Waals surface area contributed by atoms with Crippen LogP contribution in [0.4, 0.5) is 5.13 Å². The minimum absolute atomic E-state index is 0.584. The quantitative estimate of drug-likeness (QED) is 0.743. The molecule has 3 aromatic rings. The number of anilines is 1. The lowest BCUT2D eigenvalue weighted by molar-refractivity contribution is 0.321. The van der Waals surface area contributed by atoms with Gasteiger partial charge in [-0.15, -0.1) is 11.3 Å². The Labute approximate surface area is 127 Å². The van der Waals surface area contributed by atoms with Crippen LogP contribution >= 0.6 is 11.3 Å². The van der Waals surface area contributed by atoms with E-state index in [1.54, 1.807) is 0 Å². The molecule has 0 spiro atoms. The van der Waals surface area contributed by atoms with Crippen LogP contribution in [0, 0.1) is 0 Å². The number of fused-ring (bicyclic) bond motifs is 1. The highest BCUT2D eigenvalue weighted by Gasteiger charge is 2.07. The van der Waals surface area contributed by atoms with E-state index in [0.29, 0.717) is 5.13 Å². The van der Waals surface area contributed by atoms with Crippen molar-refractivity contribution in [3.05, 3.63) is 41.0 Å². The average Bonchev–Trinajstić information content (AvgIpc) is 3.09. The second-order valence-electron chi connectivity index (χ2n) is 4.72. The number of rotatable bonds is 5. The first-order chi connectivity index (χ1) is 10.3. The van der Waals surface area contributed by atoms with E-state index < -0.39 is 0 Å². The lowest BCUT2D eigenvalue weighted by atomic mass is 10.1. The van der Waals surface area contributed by atoms with Gasteiger partial charge in [-0.25, -0.2) is 4.98 Å². The molecule has 0 saturated carbocycles. The molecule has 3 rings (SSSR count). The van der Waals surface area contributed by atoms with Gasteiger partial charge in [0.05, 0.1) is 12.3 Å². The van der Waals surface area contributed by atoms with Gasteiger partial charge in [0, 0.05) is 28.0 Å². The maximum atomic E-state index is 5.84. The van der Waals surface area contributed by atoms with E-state index in [-0.39, 0.29) is 0 Å². The fourth-order valence-corrected chi connectivity index (χ4v) is 2.72. The maximum Gasteiger partial charge on any atom is 0.180 e. The van der Waals surface area contributed by atoms with Crippen molar-refractivity contribution < 1.29 is 4.74 Å². The normalized spacial score (nSPS) is 11.5. The van der Waals surface area contributed by atoms with Crippen molar-refractivity contribution >= 4 is 39.5 Å². The van der Waals surface area contributed by atoms with Crippen LogP contribution in [-0.4, -0.2) is 16.6 Å². The van der Waals surface area contributed by atoms with Crippen molar-refractivity contribution in [3.8, 4) is 5.75 Å². The zero-order valence-corrected chi connectivity index (χ0v) is 12.6. The number of hydrogen-bond acceptors (Lipinski definition) is 4.